The Hall–Kier alpha value is -2.84. The highest BCUT2D eigenvalue weighted by atomic mass is 16.5. The number of hydrogen-bond acceptors (Lipinski definition) is 6. The fraction of sp³-hybridized carbons (Fsp3) is 0.143. The van der Waals surface area contributed by atoms with Crippen molar-refractivity contribution in [3.63, 3.8) is 0 Å². The quantitative estimate of drug-likeness (QED) is 0.326. The minimum Gasteiger partial charge on any atom is -0.484 e. The average Bonchev–Trinajstić information content (AvgIpc) is 2.56. The molecule has 2 aromatic carbocycles. The zero-order valence-corrected chi connectivity index (χ0v) is 11.7. The van der Waals surface area contributed by atoms with E-state index in [-0.39, 0.29) is 13.2 Å². The van der Waals surface area contributed by atoms with Gasteiger partial charge in [0.25, 0.3) is 11.8 Å². The Balaban J connectivity index is 2.12. The maximum atomic E-state index is 11.1. The first-order chi connectivity index (χ1) is 10.6. The van der Waals surface area contributed by atoms with Gasteiger partial charge >= 0.3 is 0 Å². The monoisotopic (exact) mass is 304 g/mol. The van der Waals surface area contributed by atoms with Crippen molar-refractivity contribution in [3.05, 3.63) is 36.4 Å². The summed E-state index contributed by atoms with van der Waals surface area (Å²) in [6.07, 6.45) is 0. The average molecular weight is 304 g/mol. The first kappa shape index (κ1) is 15.5. The zero-order chi connectivity index (χ0) is 15.9. The molecule has 0 saturated heterocycles. The van der Waals surface area contributed by atoms with Crippen LogP contribution in [0.2, 0.25) is 0 Å². The number of rotatable bonds is 6. The molecule has 0 aliphatic carbocycles. The van der Waals surface area contributed by atoms with Crippen molar-refractivity contribution in [2.75, 3.05) is 13.2 Å². The van der Waals surface area contributed by atoms with Gasteiger partial charge < -0.3 is 9.47 Å². The lowest BCUT2D eigenvalue weighted by atomic mass is 10.1. The van der Waals surface area contributed by atoms with E-state index < -0.39 is 11.8 Å². The molecular formula is C14H16N4O4. The fourth-order valence-corrected chi connectivity index (χ4v) is 1.76. The highest BCUT2D eigenvalue weighted by Gasteiger charge is 2.04. The van der Waals surface area contributed by atoms with Crippen LogP contribution in [0.5, 0.6) is 11.5 Å². The van der Waals surface area contributed by atoms with Crippen molar-refractivity contribution >= 4 is 22.6 Å². The van der Waals surface area contributed by atoms with E-state index in [1.54, 1.807) is 24.3 Å². The smallest absolute Gasteiger partial charge is 0.271 e. The van der Waals surface area contributed by atoms with Gasteiger partial charge in [-0.15, -0.1) is 0 Å². The molecule has 0 aromatic heterocycles. The summed E-state index contributed by atoms with van der Waals surface area (Å²) < 4.78 is 10.6. The summed E-state index contributed by atoms with van der Waals surface area (Å²) in [5, 5.41) is 1.81. The molecule has 22 heavy (non-hydrogen) atoms. The second-order valence-corrected chi connectivity index (χ2v) is 4.38. The van der Waals surface area contributed by atoms with E-state index in [4.69, 9.17) is 21.2 Å². The summed E-state index contributed by atoms with van der Waals surface area (Å²) in [5.74, 6) is 10.1. The Morgan fingerprint density at radius 3 is 1.68 bits per heavy atom. The van der Waals surface area contributed by atoms with E-state index in [0.29, 0.717) is 11.5 Å². The second kappa shape index (κ2) is 7.25. The van der Waals surface area contributed by atoms with Gasteiger partial charge in [0.1, 0.15) is 11.5 Å². The number of hydrazine groups is 2. The van der Waals surface area contributed by atoms with Gasteiger partial charge in [0.05, 0.1) is 0 Å². The highest BCUT2D eigenvalue weighted by Crippen LogP contribution is 2.25. The van der Waals surface area contributed by atoms with E-state index in [1.807, 2.05) is 23.0 Å². The SMILES string of the molecule is NNC(=O)COc1ccc2ccc(OCC(=O)NN)cc2c1. The fourth-order valence-electron chi connectivity index (χ4n) is 1.76. The number of carbonyl (C=O) groups excluding carboxylic acids is 2. The molecule has 0 radical (unpaired) electrons. The molecule has 2 aromatic rings. The van der Waals surface area contributed by atoms with Crippen LogP contribution in [0.15, 0.2) is 36.4 Å². The first-order valence-electron chi connectivity index (χ1n) is 6.40. The minimum atomic E-state index is -0.426. The molecule has 0 bridgehead atoms. The van der Waals surface area contributed by atoms with Gasteiger partial charge in [-0.1, -0.05) is 12.1 Å². The van der Waals surface area contributed by atoms with E-state index in [2.05, 4.69) is 0 Å². The number of amides is 2. The number of ether oxygens (including phenoxy) is 2. The molecule has 2 rings (SSSR count). The van der Waals surface area contributed by atoms with Crippen molar-refractivity contribution in [1.82, 2.24) is 10.9 Å². The highest BCUT2D eigenvalue weighted by molar-refractivity contribution is 5.85. The molecule has 8 nitrogen and oxygen atoms in total. The normalized spacial score (nSPS) is 10.1. The molecular weight excluding hydrogens is 288 g/mol. The Labute approximate surface area is 126 Å². The van der Waals surface area contributed by atoms with Crippen LogP contribution in [0.4, 0.5) is 0 Å². The minimum absolute atomic E-state index is 0.172. The van der Waals surface area contributed by atoms with Crippen LogP contribution < -0.4 is 32.0 Å². The maximum absolute atomic E-state index is 11.1. The molecule has 0 fully saturated rings. The van der Waals surface area contributed by atoms with Gasteiger partial charge in [0, 0.05) is 0 Å². The number of fused-ring (bicyclic) bond motifs is 1. The van der Waals surface area contributed by atoms with E-state index in [9.17, 15) is 9.59 Å². The first-order valence-corrected chi connectivity index (χ1v) is 6.40. The van der Waals surface area contributed by atoms with Gasteiger partial charge in [0.15, 0.2) is 13.2 Å². The topological polar surface area (TPSA) is 129 Å². The molecule has 0 saturated carbocycles. The van der Waals surface area contributed by atoms with Crippen LogP contribution in [0, 0.1) is 0 Å². The predicted octanol–water partition coefficient (Wildman–Crippen LogP) is -0.423. The van der Waals surface area contributed by atoms with Crippen molar-refractivity contribution in [1.29, 1.82) is 0 Å². The van der Waals surface area contributed by atoms with Crippen LogP contribution in [0.3, 0.4) is 0 Å². The second-order valence-electron chi connectivity index (χ2n) is 4.38. The van der Waals surface area contributed by atoms with Crippen LogP contribution in [0.25, 0.3) is 10.8 Å². The van der Waals surface area contributed by atoms with Crippen molar-refractivity contribution in [2.45, 2.75) is 0 Å². The summed E-state index contributed by atoms with van der Waals surface area (Å²) in [6, 6.07) is 10.7. The Kier molecular flexibility index (Phi) is 5.12. The summed E-state index contributed by atoms with van der Waals surface area (Å²) in [6.45, 7) is -0.344. The van der Waals surface area contributed by atoms with E-state index in [1.165, 1.54) is 0 Å². The molecule has 0 unspecified atom stereocenters. The van der Waals surface area contributed by atoms with Gasteiger partial charge in [-0.25, -0.2) is 11.7 Å². The lowest BCUT2D eigenvalue weighted by Crippen LogP contribution is -2.34. The molecule has 0 aliphatic heterocycles. The van der Waals surface area contributed by atoms with Gasteiger partial charge in [-0.2, -0.15) is 0 Å². The molecule has 6 N–H and O–H groups in total. The van der Waals surface area contributed by atoms with Crippen LogP contribution >= 0.6 is 0 Å². The van der Waals surface area contributed by atoms with E-state index in [0.717, 1.165) is 10.8 Å². The van der Waals surface area contributed by atoms with Crippen LogP contribution in [0.1, 0.15) is 0 Å². The number of nitrogens with one attached hydrogen (secondary N) is 2. The van der Waals surface area contributed by atoms with Gasteiger partial charge in [0.2, 0.25) is 0 Å². The van der Waals surface area contributed by atoms with Gasteiger partial charge in [-0.05, 0) is 35.0 Å². The van der Waals surface area contributed by atoms with Crippen molar-refractivity contribution < 1.29 is 19.1 Å². The zero-order valence-electron chi connectivity index (χ0n) is 11.7. The molecule has 116 valence electrons. The third-order valence-corrected chi connectivity index (χ3v) is 2.85. The standard InChI is InChI=1S/C14H16N4O4/c15-17-13(19)7-21-11-3-1-9-2-4-12(6-10(9)5-11)22-8-14(20)18-16/h1-6H,7-8,15-16H2,(H,17,19)(H,18,20). The van der Waals surface area contributed by atoms with E-state index >= 15 is 0 Å². The number of hydrogen-bond donors (Lipinski definition) is 4. The summed E-state index contributed by atoms with van der Waals surface area (Å²) >= 11 is 0. The number of benzene rings is 2. The Bertz CT molecular complexity index is 635. The molecule has 0 atom stereocenters. The third kappa shape index (κ3) is 4.08. The summed E-state index contributed by atoms with van der Waals surface area (Å²) in [4.78, 5) is 22.1. The number of nitrogens with two attached hydrogens (primary N) is 2. The predicted molar refractivity (Wildman–Crippen MR) is 79.6 cm³/mol. The maximum Gasteiger partial charge on any atom is 0.271 e. The number of carbonyl (C=O) groups is 2. The molecule has 0 spiro atoms. The lowest BCUT2D eigenvalue weighted by Gasteiger charge is -2.08. The van der Waals surface area contributed by atoms with Crippen LogP contribution in [-0.4, -0.2) is 25.0 Å². The molecule has 0 aliphatic rings. The van der Waals surface area contributed by atoms with Crippen molar-refractivity contribution in [2.24, 2.45) is 11.7 Å². The Morgan fingerprint density at radius 2 is 1.27 bits per heavy atom. The van der Waals surface area contributed by atoms with Crippen LogP contribution in [-0.2, 0) is 9.59 Å². The van der Waals surface area contributed by atoms with Gasteiger partial charge in [-0.3, -0.25) is 20.4 Å². The third-order valence-electron chi connectivity index (χ3n) is 2.85. The summed E-state index contributed by atoms with van der Waals surface area (Å²) in [7, 11) is 0. The Morgan fingerprint density at radius 1 is 0.818 bits per heavy atom. The summed E-state index contributed by atoms with van der Waals surface area (Å²) in [5.41, 5.74) is 3.96. The largest absolute Gasteiger partial charge is 0.484 e. The molecule has 8 heteroatoms. The lowest BCUT2D eigenvalue weighted by molar-refractivity contribution is -0.123. The molecule has 2 amide bonds. The molecule has 0 heterocycles. The van der Waals surface area contributed by atoms with Crippen molar-refractivity contribution in [3.8, 4) is 11.5 Å².